The van der Waals surface area contributed by atoms with E-state index in [0.717, 1.165) is 25.4 Å². The van der Waals surface area contributed by atoms with Crippen molar-refractivity contribution < 1.29 is 5.11 Å². The summed E-state index contributed by atoms with van der Waals surface area (Å²) in [6.07, 6.45) is 3.63. The van der Waals surface area contributed by atoms with Gasteiger partial charge in [-0.3, -0.25) is 0 Å². The summed E-state index contributed by atoms with van der Waals surface area (Å²) in [5.41, 5.74) is -0.540. The van der Waals surface area contributed by atoms with Crippen molar-refractivity contribution in [2.75, 3.05) is 6.16 Å². The summed E-state index contributed by atoms with van der Waals surface area (Å²) in [6, 6.07) is 18.8. The van der Waals surface area contributed by atoms with Crippen LogP contribution in [0.25, 0.3) is 0 Å². The van der Waals surface area contributed by atoms with Gasteiger partial charge in [-0.15, -0.1) is 0 Å². The molecular weight excluding hydrogens is 283 g/mol. The van der Waals surface area contributed by atoms with Crippen LogP contribution in [-0.4, -0.2) is 16.9 Å². The van der Waals surface area contributed by atoms with Gasteiger partial charge in [0.2, 0.25) is 0 Å². The van der Waals surface area contributed by atoms with E-state index in [1.54, 1.807) is 0 Å². The van der Waals surface area contributed by atoms with Crippen molar-refractivity contribution in [1.82, 2.24) is 0 Å². The van der Waals surface area contributed by atoms with Crippen LogP contribution in [0, 0.1) is 0 Å². The van der Waals surface area contributed by atoms with Crippen molar-refractivity contribution in [3.8, 4) is 0 Å². The molecule has 0 amide bonds. The number of rotatable bonds is 4. The lowest BCUT2D eigenvalue weighted by atomic mass is 9.82. The first-order valence-electron chi connectivity index (χ1n) is 7.05. The van der Waals surface area contributed by atoms with Crippen molar-refractivity contribution in [2.24, 2.45) is 0 Å². The fraction of sp³-hybridized carbons (Fsp3) is 0.294. The summed E-state index contributed by atoms with van der Waals surface area (Å²) >= 11 is 6.13. The third-order valence-corrected chi connectivity index (χ3v) is 9.10. The van der Waals surface area contributed by atoms with E-state index in [4.69, 9.17) is 11.8 Å². The van der Waals surface area contributed by atoms with Gasteiger partial charge in [-0.25, -0.2) is 0 Å². The average molecular weight is 302 g/mol. The normalized spacial score (nSPS) is 17.4. The lowest BCUT2D eigenvalue weighted by Crippen LogP contribution is -2.42. The minimum Gasteiger partial charge on any atom is -0.389 e. The van der Waals surface area contributed by atoms with E-state index in [-0.39, 0.29) is 0 Å². The highest BCUT2D eigenvalue weighted by Gasteiger charge is 2.40. The second-order valence-electron chi connectivity index (χ2n) is 5.65. The smallest absolute Gasteiger partial charge is 0.0700 e. The van der Waals surface area contributed by atoms with Crippen molar-refractivity contribution in [3.63, 3.8) is 0 Å². The number of hydrogen-bond donors (Lipinski definition) is 1. The van der Waals surface area contributed by atoms with Gasteiger partial charge in [0, 0.05) is 12.2 Å². The monoisotopic (exact) mass is 302 g/mol. The molecule has 0 bridgehead atoms. The average Bonchev–Trinajstić information content (AvgIpc) is 2.47. The summed E-state index contributed by atoms with van der Waals surface area (Å²) in [5, 5.41) is 13.0. The first-order chi connectivity index (χ1) is 9.62. The quantitative estimate of drug-likeness (QED) is 0.876. The molecule has 1 aliphatic rings. The van der Waals surface area contributed by atoms with Gasteiger partial charge in [0.25, 0.3) is 0 Å². The molecule has 0 radical (unpaired) electrons. The Kier molecular flexibility index (Phi) is 3.81. The molecule has 0 unspecified atom stereocenters. The number of benzene rings is 2. The molecule has 0 aromatic heterocycles. The Hall–Kier alpha value is -0.950. The molecule has 104 valence electrons. The fourth-order valence-corrected chi connectivity index (χ4v) is 7.39. The first kappa shape index (κ1) is 14.0. The first-order valence-corrected chi connectivity index (χ1v) is 10.0. The summed E-state index contributed by atoms with van der Waals surface area (Å²) in [7, 11) is 0. The van der Waals surface area contributed by atoms with Gasteiger partial charge < -0.3 is 5.11 Å². The van der Waals surface area contributed by atoms with Crippen LogP contribution in [0.3, 0.4) is 0 Å². The molecule has 20 heavy (non-hydrogen) atoms. The van der Waals surface area contributed by atoms with Gasteiger partial charge in [0.05, 0.1) is 5.60 Å². The lowest BCUT2D eigenvalue weighted by molar-refractivity contribution is -0.0107. The van der Waals surface area contributed by atoms with Crippen LogP contribution in [-0.2, 0) is 11.8 Å². The van der Waals surface area contributed by atoms with E-state index in [9.17, 15) is 5.11 Å². The maximum atomic E-state index is 10.6. The molecular formula is C17H19OPS. The molecule has 2 aromatic rings. The fourth-order valence-electron chi connectivity index (χ4n) is 2.83. The van der Waals surface area contributed by atoms with Crippen molar-refractivity contribution >= 4 is 28.5 Å². The summed E-state index contributed by atoms with van der Waals surface area (Å²) in [5.74, 6) is 0. The molecule has 1 N–H and O–H groups in total. The molecule has 0 spiro atoms. The Labute approximate surface area is 125 Å². The molecule has 1 saturated carbocycles. The Balaban J connectivity index is 2.06. The van der Waals surface area contributed by atoms with Crippen LogP contribution in [0.1, 0.15) is 19.3 Å². The van der Waals surface area contributed by atoms with Crippen molar-refractivity contribution in [3.05, 3.63) is 60.7 Å². The predicted octanol–water partition coefficient (Wildman–Crippen LogP) is 3.03. The van der Waals surface area contributed by atoms with Crippen LogP contribution in [0.4, 0.5) is 0 Å². The molecule has 3 rings (SSSR count). The zero-order valence-corrected chi connectivity index (χ0v) is 13.1. The molecule has 1 aliphatic carbocycles. The third-order valence-electron chi connectivity index (χ3n) is 4.15. The van der Waals surface area contributed by atoms with Crippen molar-refractivity contribution in [1.29, 1.82) is 0 Å². The van der Waals surface area contributed by atoms with Crippen LogP contribution in [0.5, 0.6) is 0 Å². The minimum atomic E-state index is -1.93. The molecule has 0 heterocycles. The predicted molar refractivity (Wildman–Crippen MR) is 90.1 cm³/mol. The minimum absolute atomic E-state index is 0.540. The Morgan fingerprint density at radius 2 is 1.35 bits per heavy atom. The maximum Gasteiger partial charge on any atom is 0.0700 e. The summed E-state index contributed by atoms with van der Waals surface area (Å²) in [4.78, 5) is 0. The number of aliphatic hydroxyl groups is 1. The van der Waals surface area contributed by atoms with E-state index < -0.39 is 11.6 Å². The molecule has 3 heteroatoms. The molecule has 2 aromatic carbocycles. The van der Waals surface area contributed by atoms with Crippen LogP contribution in [0.2, 0.25) is 0 Å². The third kappa shape index (κ3) is 2.61. The standard InChI is InChI=1S/C17H19OPS/c18-17(12-7-13-17)14-19(20,15-8-3-1-4-9-15)16-10-5-2-6-11-16/h1-6,8-11,18H,7,12-14H2. The van der Waals surface area contributed by atoms with Crippen molar-refractivity contribution in [2.45, 2.75) is 24.9 Å². The second kappa shape index (κ2) is 5.44. The maximum absolute atomic E-state index is 10.6. The molecule has 0 saturated heterocycles. The Morgan fingerprint density at radius 1 is 0.900 bits per heavy atom. The molecule has 1 fully saturated rings. The van der Waals surface area contributed by atoms with E-state index in [1.165, 1.54) is 10.6 Å². The molecule has 1 nitrogen and oxygen atoms in total. The van der Waals surface area contributed by atoms with Gasteiger partial charge in [-0.05, 0) is 29.9 Å². The van der Waals surface area contributed by atoms with Crippen LogP contribution in [0.15, 0.2) is 60.7 Å². The van der Waals surface area contributed by atoms with Crippen LogP contribution < -0.4 is 10.6 Å². The summed E-state index contributed by atoms with van der Waals surface area (Å²) in [6.45, 7) is 0. The second-order valence-corrected chi connectivity index (χ2v) is 10.3. The van der Waals surface area contributed by atoms with E-state index in [2.05, 4.69) is 24.3 Å². The van der Waals surface area contributed by atoms with E-state index in [0.29, 0.717) is 0 Å². The zero-order chi connectivity index (χ0) is 14.1. The highest BCUT2D eigenvalue weighted by Crippen LogP contribution is 2.50. The van der Waals surface area contributed by atoms with Crippen LogP contribution >= 0.6 is 6.04 Å². The highest BCUT2D eigenvalue weighted by atomic mass is 32.4. The molecule has 0 aliphatic heterocycles. The van der Waals surface area contributed by atoms with E-state index in [1.807, 2.05) is 36.4 Å². The van der Waals surface area contributed by atoms with Gasteiger partial charge in [-0.1, -0.05) is 72.5 Å². The van der Waals surface area contributed by atoms with E-state index >= 15 is 0 Å². The highest BCUT2D eigenvalue weighted by molar-refractivity contribution is 8.22. The molecule has 0 atom stereocenters. The van der Waals surface area contributed by atoms with Gasteiger partial charge in [-0.2, -0.15) is 0 Å². The van der Waals surface area contributed by atoms with Gasteiger partial charge in [0.15, 0.2) is 0 Å². The topological polar surface area (TPSA) is 20.2 Å². The Bertz CT molecular complexity index is 576. The van der Waals surface area contributed by atoms with Gasteiger partial charge in [0.1, 0.15) is 0 Å². The largest absolute Gasteiger partial charge is 0.389 e. The number of hydrogen-bond acceptors (Lipinski definition) is 2. The lowest BCUT2D eigenvalue weighted by Gasteiger charge is -2.41. The SMILES string of the molecule is OC1(CP(=S)(c2ccccc2)c2ccccc2)CCC1. The van der Waals surface area contributed by atoms with Gasteiger partial charge >= 0.3 is 0 Å². The Morgan fingerprint density at radius 3 is 1.70 bits per heavy atom. The zero-order valence-electron chi connectivity index (χ0n) is 11.4. The summed E-state index contributed by atoms with van der Waals surface area (Å²) < 4.78 is 0.